The number of hydrogen-bond donors (Lipinski definition) is 2. The zero-order valence-electron chi connectivity index (χ0n) is 12.8. The molecular weight excluding hydrogens is 266 g/mol. The van der Waals surface area contributed by atoms with Gasteiger partial charge in [0.1, 0.15) is 0 Å². The Balaban J connectivity index is 1.96. The normalized spacial score (nSPS) is 33.7. The molecule has 3 atom stereocenters. The summed E-state index contributed by atoms with van der Waals surface area (Å²) in [5.74, 6) is 1.07. The van der Waals surface area contributed by atoms with Crippen LogP contribution in [-0.2, 0) is 0 Å². The second kappa shape index (κ2) is 4.73. The topological polar surface area (TPSA) is 62.0 Å². The number of aliphatic hydroxyl groups excluding tert-OH is 1. The Kier molecular flexibility index (Phi) is 3.24. The van der Waals surface area contributed by atoms with Crippen molar-refractivity contribution in [2.24, 2.45) is 16.3 Å². The van der Waals surface area contributed by atoms with Crippen molar-refractivity contribution in [1.82, 2.24) is 0 Å². The van der Waals surface area contributed by atoms with Gasteiger partial charge in [0, 0.05) is 11.8 Å². The fourth-order valence-corrected chi connectivity index (χ4v) is 4.21. The van der Waals surface area contributed by atoms with E-state index < -0.39 is 11.6 Å². The molecule has 0 saturated heterocycles. The molecule has 0 aliphatic heterocycles. The Bertz CT molecular complexity index is 581. The van der Waals surface area contributed by atoms with Crippen LogP contribution in [0.15, 0.2) is 23.2 Å². The Hall–Kier alpha value is -1.55. The van der Waals surface area contributed by atoms with E-state index >= 15 is 0 Å². The van der Waals surface area contributed by atoms with Crippen LogP contribution in [0.25, 0.3) is 0 Å². The lowest BCUT2D eigenvalue weighted by atomic mass is 9.76. The van der Waals surface area contributed by atoms with E-state index in [0.29, 0.717) is 17.2 Å². The van der Waals surface area contributed by atoms with Crippen LogP contribution < -0.4 is 4.74 Å². The third kappa shape index (κ3) is 1.89. The summed E-state index contributed by atoms with van der Waals surface area (Å²) in [7, 11) is 1.53. The van der Waals surface area contributed by atoms with Gasteiger partial charge in [-0.15, -0.1) is 0 Å². The summed E-state index contributed by atoms with van der Waals surface area (Å²) < 4.78 is 5.12. The molecule has 114 valence electrons. The number of nitrogens with zero attached hydrogens (tertiary/aromatic N) is 1. The zero-order chi connectivity index (χ0) is 15.3. The smallest absolute Gasteiger partial charge is 0.166 e. The monoisotopic (exact) mass is 289 g/mol. The maximum Gasteiger partial charge on any atom is 0.166 e. The number of aliphatic imine (C=N–C) groups is 1. The van der Waals surface area contributed by atoms with Crippen LogP contribution >= 0.6 is 0 Å². The molecule has 0 spiro atoms. The molecule has 2 fully saturated rings. The molecule has 1 aromatic carbocycles. The quantitative estimate of drug-likeness (QED) is 0.841. The number of phenols is 1. The van der Waals surface area contributed by atoms with E-state index in [2.05, 4.69) is 13.8 Å². The summed E-state index contributed by atoms with van der Waals surface area (Å²) in [6, 6.07) is 5.34. The van der Waals surface area contributed by atoms with Gasteiger partial charge in [-0.3, -0.25) is 4.99 Å². The molecule has 2 bridgehead atoms. The summed E-state index contributed by atoms with van der Waals surface area (Å²) in [5, 5.41) is 20.6. The molecule has 4 nitrogen and oxygen atoms in total. The molecule has 2 N–H and O–H groups in total. The molecule has 0 aromatic heterocycles. The molecule has 3 rings (SSSR count). The van der Waals surface area contributed by atoms with Crippen molar-refractivity contribution in [2.45, 2.75) is 44.8 Å². The molecule has 2 aliphatic rings. The molecule has 1 aromatic rings. The van der Waals surface area contributed by atoms with Gasteiger partial charge in [0.25, 0.3) is 0 Å². The number of methoxy groups -OCH3 is 1. The van der Waals surface area contributed by atoms with Crippen molar-refractivity contribution in [3.63, 3.8) is 0 Å². The average molecular weight is 289 g/mol. The first-order valence-electron chi connectivity index (χ1n) is 7.51. The first kappa shape index (κ1) is 14.4. The van der Waals surface area contributed by atoms with E-state index in [-0.39, 0.29) is 11.2 Å². The number of fused-ring (bicyclic) bond motifs is 2. The lowest BCUT2D eigenvalue weighted by Crippen LogP contribution is -2.44. The number of rotatable bonds is 3. The second-order valence-electron chi connectivity index (χ2n) is 6.79. The van der Waals surface area contributed by atoms with E-state index in [0.717, 1.165) is 19.3 Å². The van der Waals surface area contributed by atoms with Gasteiger partial charge >= 0.3 is 0 Å². The second-order valence-corrected chi connectivity index (χ2v) is 6.79. The lowest BCUT2D eigenvalue weighted by Gasteiger charge is -2.36. The van der Waals surface area contributed by atoms with Gasteiger partial charge in [-0.1, -0.05) is 19.9 Å². The molecule has 2 saturated carbocycles. The van der Waals surface area contributed by atoms with E-state index in [1.165, 1.54) is 7.11 Å². The van der Waals surface area contributed by atoms with Gasteiger partial charge in [-0.2, -0.15) is 0 Å². The van der Waals surface area contributed by atoms with E-state index in [4.69, 9.17) is 9.73 Å². The van der Waals surface area contributed by atoms with Gasteiger partial charge in [0.2, 0.25) is 0 Å². The van der Waals surface area contributed by atoms with Crippen LogP contribution in [0, 0.1) is 11.3 Å². The number of benzene rings is 1. The van der Waals surface area contributed by atoms with Crippen LogP contribution in [0.2, 0.25) is 0 Å². The van der Waals surface area contributed by atoms with E-state index in [1.807, 2.05) is 6.07 Å². The zero-order valence-corrected chi connectivity index (χ0v) is 12.8. The number of para-hydroxylation sites is 1. The van der Waals surface area contributed by atoms with Crippen LogP contribution in [0.3, 0.4) is 0 Å². The Morgan fingerprint density at radius 1 is 1.38 bits per heavy atom. The Labute approximate surface area is 125 Å². The standard InChI is InChI=1S/C17H23NO3/c1-16(2)12-7-8-17(16,14(19)9-12)18-10-11-5-4-6-13(21-3)15(11)20/h4-6,10,12,14,19-20H,7-9H2,1-3H3/t12-,14-,17+/m1/s1. The first-order valence-corrected chi connectivity index (χ1v) is 7.51. The minimum absolute atomic E-state index is 0.00258. The van der Waals surface area contributed by atoms with E-state index in [9.17, 15) is 10.2 Å². The van der Waals surface area contributed by atoms with Crippen LogP contribution in [0.1, 0.15) is 38.7 Å². The van der Waals surface area contributed by atoms with Crippen molar-refractivity contribution in [2.75, 3.05) is 7.11 Å². The highest BCUT2D eigenvalue weighted by atomic mass is 16.5. The summed E-state index contributed by atoms with van der Waals surface area (Å²) >= 11 is 0. The highest BCUT2D eigenvalue weighted by molar-refractivity contribution is 5.85. The number of hydrogen-bond acceptors (Lipinski definition) is 4. The van der Waals surface area contributed by atoms with Crippen molar-refractivity contribution in [3.8, 4) is 11.5 Å². The fraction of sp³-hybridized carbons (Fsp3) is 0.588. The summed E-state index contributed by atoms with van der Waals surface area (Å²) in [6.07, 6.45) is 4.15. The van der Waals surface area contributed by atoms with Crippen molar-refractivity contribution < 1.29 is 14.9 Å². The summed E-state index contributed by atoms with van der Waals surface area (Å²) in [4.78, 5) is 4.76. The maximum absolute atomic E-state index is 10.5. The van der Waals surface area contributed by atoms with Crippen molar-refractivity contribution >= 4 is 6.21 Å². The van der Waals surface area contributed by atoms with Gasteiger partial charge < -0.3 is 14.9 Å². The number of phenolic OH excluding ortho intramolecular Hbond substituents is 1. The first-order chi connectivity index (χ1) is 9.92. The third-order valence-corrected chi connectivity index (χ3v) is 5.75. The minimum atomic E-state index is -0.423. The highest BCUT2D eigenvalue weighted by Gasteiger charge is 2.64. The molecule has 2 aliphatic carbocycles. The van der Waals surface area contributed by atoms with Gasteiger partial charge in [-0.05, 0) is 42.7 Å². The SMILES string of the molecule is COc1cccc(C=N[C@@]23CC[C@H](C[C@H]2O)C3(C)C)c1O. The highest BCUT2D eigenvalue weighted by Crippen LogP contribution is 2.62. The number of aromatic hydroxyl groups is 1. The van der Waals surface area contributed by atoms with Crippen LogP contribution in [0.5, 0.6) is 11.5 Å². The number of aliphatic hydroxyl groups is 1. The minimum Gasteiger partial charge on any atom is -0.504 e. The number of ether oxygens (including phenoxy) is 1. The van der Waals surface area contributed by atoms with Gasteiger partial charge in [-0.25, -0.2) is 0 Å². The van der Waals surface area contributed by atoms with Crippen LogP contribution in [0.4, 0.5) is 0 Å². The Morgan fingerprint density at radius 2 is 2.14 bits per heavy atom. The van der Waals surface area contributed by atoms with Crippen LogP contribution in [-0.4, -0.2) is 35.2 Å². The molecule has 0 unspecified atom stereocenters. The maximum atomic E-state index is 10.5. The average Bonchev–Trinajstić information content (AvgIpc) is 2.80. The molecule has 4 heteroatoms. The summed E-state index contributed by atoms with van der Waals surface area (Å²) in [6.45, 7) is 4.40. The largest absolute Gasteiger partial charge is 0.504 e. The molecule has 0 heterocycles. The van der Waals surface area contributed by atoms with Gasteiger partial charge in [0.05, 0.1) is 18.8 Å². The third-order valence-electron chi connectivity index (χ3n) is 5.75. The van der Waals surface area contributed by atoms with Crippen molar-refractivity contribution in [3.05, 3.63) is 23.8 Å². The molecule has 0 amide bonds. The predicted octanol–water partition coefficient (Wildman–Crippen LogP) is 2.76. The predicted molar refractivity (Wildman–Crippen MR) is 82.1 cm³/mol. The fourth-order valence-electron chi connectivity index (χ4n) is 4.21. The Morgan fingerprint density at radius 3 is 2.71 bits per heavy atom. The molecule has 0 radical (unpaired) electrons. The molecule has 21 heavy (non-hydrogen) atoms. The van der Waals surface area contributed by atoms with Gasteiger partial charge in [0.15, 0.2) is 11.5 Å². The van der Waals surface area contributed by atoms with E-state index in [1.54, 1.807) is 18.3 Å². The van der Waals surface area contributed by atoms with Crippen molar-refractivity contribution in [1.29, 1.82) is 0 Å². The summed E-state index contributed by atoms with van der Waals surface area (Å²) in [5.41, 5.74) is 0.201. The molecular formula is C17H23NO3. The lowest BCUT2D eigenvalue weighted by molar-refractivity contribution is 0.0692.